The molecular formula is C19H36O15. The van der Waals surface area contributed by atoms with E-state index in [1.807, 2.05) is 0 Å². The van der Waals surface area contributed by atoms with Gasteiger partial charge in [-0.3, -0.25) is 0 Å². The molecule has 0 aliphatic carbocycles. The molecule has 2 aliphatic heterocycles. The van der Waals surface area contributed by atoms with Crippen LogP contribution in [-0.2, 0) is 23.7 Å². The van der Waals surface area contributed by atoms with Gasteiger partial charge in [-0.15, -0.1) is 0 Å². The molecule has 2 rings (SSSR count). The number of hydrogen-bond donors (Lipinski definition) is 10. The quantitative estimate of drug-likeness (QED) is 0.118. The van der Waals surface area contributed by atoms with Crippen LogP contribution in [0.1, 0.15) is 13.8 Å². The molecule has 34 heavy (non-hydrogen) atoms. The van der Waals surface area contributed by atoms with E-state index in [0.29, 0.717) is 0 Å². The molecule has 13 unspecified atom stereocenters. The number of hydrogen-bond acceptors (Lipinski definition) is 15. The summed E-state index contributed by atoms with van der Waals surface area (Å²) >= 11 is 0. The fourth-order valence-corrected chi connectivity index (χ4v) is 3.72. The maximum atomic E-state index is 10.3. The van der Waals surface area contributed by atoms with Gasteiger partial charge < -0.3 is 74.7 Å². The first-order chi connectivity index (χ1) is 16.0. The van der Waals surface area contributed by atoms with Gasteiger partial charge in [0.2, 0.25) is 12.6 Å². The van der Waals surface area contributed by atoms with Gasteiger partial charge >= 0.3 is 0 Å². The molecule has 0 spiro atoms. The smallest absolute Gasteiger partial charge is 0.209 e. The van der Waals surface area contributed by atoms with Gasteiger partial charge in [-0.05, 0) is 13.8 Å². The molecule has 0 aromatic heterocycles. The van der Waals surface area contributed by atoms with E-state index in [1.165, 1.54) is 13.8 Å². The summed E-state index contributed by atoms with van der Waals surface area (Å²) < 4.78 is 26.8. The number of aliphatic hydroxyl groups is 10. The fourth-order valence-electron chi connectivity index (χ4n) is 3.72. The van der Waals surface area contributed by atoms with Crippen LogP contribution < -0.4 is 0 Å². The first-order valence-electron chi connectivity index (χ1n) is 10.8. The highest BCUT2D eigenvalue weighted by Gasteiger charge is 2.47. The Morgan fingerprint density at radius 3 is 1.91 bits per heavy atom. The van der Waals surface area contributed by atoms with E-state index in [-0.39, 0.29) is 0 Å². The molecule has 13 atom stereocenters. The first kappa shape index (κ1) is 29.6. The summed E-state index contributed by atoms with van der Waals surface area (Å²) in [4.78, 5) is 0. The largest absolute Gasteiger partial charge is 0.394 e. The van der Waals surface area contributed by atoms with Crippen LogP contribution in [0.15, 0.2) is 0 Å². The minimum Gasteiger partial charge on any atom is -0.394 e. The van der Waals surface area contributed by atoms with Crippen LogP contribution in [0.25, 0.3) is 0 Å². The molecule has 0 aromatic rings. The normalized spacial score (nSPS) is 41.9. The molecule has 0 amide bonds. The number of rotatable bonds is 11. The average Bonchev–Trinajstić information content (AvgIpc) is 2.81. The highest BCUT2D eigenvalue weighted by atomic mass is 16.7. The van der Waals surface area contributed by atoms with Gasteiger partial charge in [-0.25, -0.2) is 0 Å². The second-order valence-electron chi connectivity index (χ2n) is 8.32. The summed E-state index contributed by atoms with van der Waals surface area (Å²) in [5.41, 5.74) is 0. The van der Waals surface area contributed by atoms with Crippen LogP contribution in [0.2, 0.25) is 0 Å². The second kappa shape index (κ2) is 13.1. The highest BCUT2D eigenvalue weighted by Crippen LogP contribution is 2.27. The van der Waals surface area contributed by atoms with Crippen LogP contribution >= 0.6 is 0 Å². The maximum Gasteiger partial charge on any atom is 0.209 e. The zero-order valence-electron chi connectivity index (χ0n) is 18.7. The van der Waals surface area contributed by atoms with E-state index < -0.39 is 106 Å². The summed E-state index contributed by atoms with van der Waals surface area (Å²) in [6.45, 7) is 0.726. The van der Waals surface area contributed by atoms with Crippen molar-refractivity contribution in [1.29, 1.82) is 0 Å². The van der Waals surface area contributed by atoms with Crippen LogP contribution in [0, 0.1) is 0 Å². The standard InChI is InChI=1S/C19H36O15/c1-6(31-18-15(27)13(25)12(24)9(4-21)33-18)8(3-20)32-19(17(28)29)34-16-10(5-22)30-7(2)11(23)14(16)26/h6-29H,3-5H2,1-2H3. The van der Waals surface area contributed by atoms with Gasteiger partial charge in [0.25, 0.3) is 0 Å². The molecule has 2 saturated heterocycles. The molecule has 15 heteroatoms. The molecule has 202 valence electrons. The molecule has 2 aliphatic rings. The van der Waals surface area contributed by atoms with E-state index in [0.717, 1.165) is 0 Å². The lowest BCUT2D eigenvalue weighted by Gasteiger charge is -2.43. The van der Waals surface area contributed by atoms with Crippen LogP contribution in [0.5, 0.6) is 0 Å². The van der Waals surface area contributed by atoms with Crippen molar-refractivity contribution in [1.82, 2.24) is 0 Å². The summed E-state index contributed by atoms with van der Waals surface area (Å²) in [5, 5.41) is 98.1. The summed E-state index contributed by atoms with van der Waals surface area (Å²) in [5.74, 6) is 0. The fraction of sp³-hybridized carbons (Fsp3) is 1.00. The lowest BCUT2D eigenvalue weighted by molar-refractivity contribution is -0.347. The lowest BCUT2D eigenvalue weighted by atomic mass is 9.96. The minimum absolute atomic E-state index is 0.632. The van der Waals surface area contributed by atoms with Crippen LogP contribution in [-0.4, -0.2) is 157 Å². The van der Waals surface area contributed by atoms with E-state index in [9.17, 15) is 51.1 Å². The Morgan fingerprint density at radius 1 is 0.765 bits per heavy atom. The Labute approximate surface area is 195 Å². The van der Waals surface area contributed by atoms with Crippen molar-refractivity contribution in [3.8, 4) is 0 Å². The minimum atomic E-state index is -2.31. The molecule has 0 bridgehead atoms. The Morgan fingerprint density at radius 2 is 1.38 bits per heavy atom. The predicted molar refractivity (Wildman–Crippen MR) is 107 cm³/mol. The van der Waals surface area contributed by atoms with Crippen molar-refractivity contribution in [2.75, 3.05) is 19.8 Å². The predicted octanol–water partition coefficient (Wildman–Crippen LogP) is -5.91. The molecule has 10 N–H and O–H groups in total. The number of aliphatic hydroxyl groups excluding tert-OH is 9. The van der Waals surface area contributed by atoms with Crippen molar-refractivity contribution in [3.05, 3.63) is 0 Å². The third kappa shape index (κ3) is 6.78. The van der Waals surface area contributed by atoms with Gasteiger partial charge in [-0.2, -0.15) is 0 Å². The van der Waals surface area contributed by atoms with Gasteiger partial charge in [0.05, 0.1) is 32.0 Å². The maximum absolute atomic E-state index is 10.3. The van der Waals surface area contributed by atoms with E-state index in [1.54, 1.807) is 0 Å². The molecule has 0 aromatic carbocycles. The van der Waals surface area contributed by atoms with Crippen LogP contribution in [0.3, 0.4) is 0 Å². The van der Waals surface area contributed by atoms with Crippen LogP contribution in [0.4, 0.5) is 0 Å². The third-order valence-corrected chi connectivity index (χ3v) is 5.85. The van der Waals surface area contributed by atoms with Crippen molar-refractivity contribution in [2.24, 2.45) is 0 Å². The summed E-state index contributed by atoms with van der Waals surface area (Å²) in [7, 11) is 0. The molecule has 2 heterocycles. The SMILES string of the molecule is CC(OC1OC(CO)C(O)C(O)C1O)C(CO)OC(OC1C(CO)OC(C)C(O)C1O)C(O)O. The second-order valence-corrected chi connectivity index (χ2v) is 8.32. The molecule has 15 nitrogen and oxygen atoms in total. The zero-order valence-corrected chi connectivity index (χ0v) is 18.7. The molecule has 0 saturated carbocycles. The molecule has 0 radical (unpaired) electrons. The van der Waals surface area contributed by atoms with E-state index in [4.69, 9.17) is 23.7 Å². The molecule has 2 fully saturated rings. The van der Waals surface area contributed by atoms with Crippen molar-refractivity contribution >= 4 is 0 Å². The Kier molecular flexibility index (Phi) is 11.4. The van der Waals surface area contributed by atoms with Gasteiger partial charge in [-0.1, -0.05) is 0 Å². The van der Waals surface area contributed by atoms with Gasteiger partial charge in [0.15, 0.2) is 6.29 Å². The number of ether oxygens (including phenoxy) is 5. The van der Waals surface area contributed by atoms with Gasteiger partial charge in [0, 0.05) is 0 Å². The van der Waals surface area contributed by atoms with E-state index in [2.05, 4.69) is 0 Å². The monoisotopic (exact) mass is 504 g/mol. The lowest BCUT2D eigenvalue weighted by Crippen LogP contribution is -2.61. The van der Waals surface area contributed by atoms with E-state index >= 15 is 0 Å². The summed E-state index contributed by atoms with van der Waals surface area (Å²) in [6, 6.07) is 0. The average molecular weight is 504 g/mol. The summed E-state index contributed by atoms with van der Waals surface area (Å²) in [6.07, 6.45) is -21.0. The Hall–Kier alpha value is -0.600. The van der Waals surface area contributed by atoms with Crippen molar-refractivity contribution in [2.45, 2.75) is 99.9 Å². The Balaban J connectivity index is 2.08. The molecular weight excluding hydrogens is 468 g/mol. The first-order valence-corrected chi connectivity index (χ1v) is 10.8. The zero-order chi connectivity index (χ0) is 25.7. The van der Waals surface area contributed by atoms with Gasteiger partial charge in [0.1, 0.15) is 54.9 Å². The van der Waals surface area contributed by atoms with Crippen molar-refractivity contribution < 1.29 is 74.7 Å². The third-order valence-electron chi connectivity index (χ3n) is 5.85. The van der Waals surface area contributed by atoms with Crippen molar-refractivity contribution in [3.63, 3.8) is 0 Å². The Bertz CT molecular complexity index is 592. The highest BCUT2D eigenvalue weighted by molar-refractivity contribution is 4.92. The topological polar surface area (TPSA) is 248 Å².